The molecule has 0 aromatic heterocycles. The van der Waals surface area contributed by atoms with E-state index in [9.17, 15) is 13.6 Å². The average Bonchev–Trinajstić information content (AvgIpc) is 2.10. The molecule has 0 radical (unpaired) electrons. The number of hydrogen-bond donors (Lipinski definition) is 0. The second-order valence-corrected chi connectivity index (χ2v) is 3.05. The molecule has 0 fully saturated rings. The summed E-state index contributed by atoms with van der Waals surface area (Å²) in [4.78, 5) is 10.4. The van der Waals surface area contributed by atoms with Gasteiger partial charge in [-0.15, -0.1) is 0 Å². The third-order valence-electron chi connectivity index (χ3n) is 1.97. The summed E-state index contributed by atoms with van der Waals surface area (Å²) < 4.78 is 26.1. The van der Waals surface area contributed by atoms with Gasteiger partial charge in [-0.3, -0.25) is 0 Å². The van der Waals surface area contributed by atoms with E-state index >= 15 is 0 Å². The Balaban J connectivity index is 3.22. The molecule has 0 aliphatic heterocycles. The van der Waals surface area contributed by atoms with E-state index in [1.807, 2.05) is 0 Å². The van der Waals surface area contributed by atoms with Gasteiger partial charge in [0.15, 0.2) is 0 Å². The predicted octanol–water partition coefficient (Wildman–Crippen LogP) is 2.58. The Labute approximate surface area is 75.4 Å². The van der Waals surface area contributed by atoms with Crippen LogP contribution in [0.1, 0.15) is 24.0 Å². The molecular weight excluding hydrogens is 174 g/mol. The molecule has 0 saturated carbocycles. The number of carbonyl (C=O) groups is 1. The van der Waals surface area contributed by atoms with Crippen molar-refractivity contribution in [3.8, 4) is 0 Å². The molecule has 0 heterocycles. The Morgan fingerprint density at radius 1 is 1.31 bits per heavy atom. The molecule has 70 valence electrons. The summed E-state index contributed by atoms with van der Waals surface area (Å²) in [5, 5.41) is 0. The molecule has 0 aliphatic rings. The van der Waals surface area contributed by atoms with Gasteiger partial charge in [-0.05, 0) is 24.6 Å². The molecule has 1 atom stereocenters. The number of benzene rings is 1. The van der Waals surface area contributed by atoms with Crippen LogP contribution in [0.2, 0.25) is 0 Å². The first-order valence-corrected chi connectivity index (χ1v) is 3.97. The summed E-state index contributed by atoms with van der Waals surface area (Å²) >= 11 is 0. The van der Waals surface area contributed by atoms with Crippen LogP contribution in [0.25, 0.3) is 0 Å². The molecule has 0 aliphatic carbocycles. The second kappa shape index (κ2) is 3.64. The van der Waals surface area contributed by atoms with Crippen LogP contribution in [0.5, 0.6) is 0 Å². The lowest BCUT2D eigenvalue weighted by Crippen LogP contribution is -2.00. The van der Waals surface area contributed by atoms with Gasteiger partial charge in [-0.25, -0.2) is 8.78 Å². The van der Waals surface area contributed by atoms with Crippen molar-refractivity contribution in [2.24, 2.45) is 0 Å². The zero-order valence-electron chi connectivity index (χ0n) is 7.47. The Kier molecular flexibility index (Phi) is 2.76. The fourth-order valence-electron chi connectivity index (χ4n) is 1.08. The lowest BCUT2D eigenvalue weighted by molar-refractivity contribution is -0.108. The Hall–Kier alpha value is -1.25. The van der Waals surface area contributed by atoms with E-state index in [1.54, 1.807) is 0 Å². The average molecular weight is 184 g/mol. The number of halogens is 2. The van der Waals surface area contributed by atoms with Crippen molar-refractivity contribution in [3.05, 3.63) is 34.9 Å². The molecule has 3 heteroatoms. The maximum atomic E-state index is 13.1. The van der Waals surface area contributed by atoms with Gasteiger partial charge in [0.1, 0.15) is 17.9 Å². The second-order valence-electron chi connectivity index (χ2n) is 3.05. The third kappa shape index (κ3) is 1.91. The van der Waals surface area contributed by atoms with Gasteiger partial charge in [-0.1, -0.05) is 6.92 Å². The minimum Gasteiger partial charge on any atom is -0.303 e. The lowest BCUT2D eigenvalue weighted by atomic mass is 10.0. The number of aryl methyl sites for hydroxylation is 1. The van der Waals surface area contributed by atoms with Gasteiger partial charge in [0.2, 0.25) is 0 Å². The van der Waals surface area contributed by atoms with Crippen molar-refractivity contribution >= 4 is 6.29 Å². The molecule has 1 rings (SSSR count). The molecule has 0 amide bonds. The molecule has 1 nitrogen and oxygen atoms in total. The molecule has 1 aromatic carbocycles. The Bertz CT molecular complexity index is 334. The number of hydrogen-bond acceptors (Lipinski definition) is 1. The van der Waals surface area contributed by atoms with Crippen molar-refractivity contribution in [2.45, 2.75) is 19.8 Å². The van der Waals surface area contributed by atoms with Gasteiger partial charge in [0.05, 0.1) is 0 Å². The Morgan fingerprint density at radius 2 is 1.92 bits per heavy atom. The Morgan fingerprint density at radius 3 is 2.46 bits per heavy atom. The third-order valence-corrected chi connectivity index (χ3v) is 1.97. The van der Waals surface area contributed by atoms with E-state index in [1.165, 1.54) is 13.8 Å². The summed E-state index contributed by atoms with van der Waals surface area (Å²) in [6.07, 6.45) is 0.590. The van der Waals surface area contributed by atoms with Crippen LogP contribution in [0.3, 0.4) is 0 Å². The number of carbonyl (C=O) groups excluding carboxylic acids is 1. The first-order valence-electron chi connectivity index (χ1n) is 3.97. The highest BCUT2D eigenvalue weighted by Gasteiger charge is 2.12. The molecular formula is C10H10F2O. The maximum absolute atomic E-state index is 13.1. The molecule has 13 heavy (non-hydrogen) atoms. The van der Waals surface area contributed by atoms with Gasteiger partial charge < -0.3 is 4.79 Å². The quantitative estimate of drug-likeness (QED) is 0.645. The van der Waals surface area contributed by atoms with E-state index in [0.717, 1.165) is 12.1 Å². The van der Waals surface area contributed by atoms with Crippen molar-refractivity contribution in [1.82, 2.24) is 0 Å². The molecule has 1 unspecified atom stereocenters. The normalized spacial score (nSPS) is 12.6. The van der Waals surface area contributed by atoms with Crippen molar-refractivity contribution in [3.63, 3.8) is 0 Å². The van der Waals surface area contributed by atoms with E-state index in [2.05, 4.69) is 0 Å². The molecule has 0 saturated heterocycles. The molecule has 0 bridgehead atoms. The van der Waals surface area contributed by atoms with Crippen molar-refractivity contribution < 1.29 is 13.6 Å². The zero-order chi connectivity index (χ0) is 10.0. The predicted molar refractivity (Wildman–Crippen MR) is 45.6 cm³/mol. The summed E-state index contributed by atoms with van der Waals surface area (Å²) in [5.41, 5.74) is 0.359. The van der Waals surface area contributed by atoms with E-state index in [0.29, 0.717) is 6.29 Å². The SMILES string of the molecule is Cc1cc(F)c(C(C)C=O)cc1F. The molecule has 0 N–H and O–H groups in total. The summed E-state index contributed by atoms with van der Waals surface area (Å²) in [6, 6.07) is 2.17. The van der Waals surface area contributed by atoms with Crippen LogP contribution in [0.4, 0.5) is 8.78 Å². The van der Waals surface area contributed by atoms with Crippen LogP contribution in [-0.4, -0.2) is 6.29 Å². The van der Waals surface area contributed by atoms with E-state index in [-0.39, 0.29) is 11.1 Å². The summed E-state index contributed by atoms with van der Waals surface area (Å²) in [6.45, 7) is 3.01. The monoisotopic (exact) mass is 184 g/mol. The van der Waals surface area contributed by atoms with Crippen LogP contribution < -0.4 is 0 Å². The highest BCUT2D eigenvalue weighted by Crippen LogP contribution is 2.20. The van der Waals surface area contributed by atoms with Crippen LogP contribution in [0, 0.1) is 18.6 Å². The van der Waals surface area contributed by atoms with E-state index in [4.69, 9.17) is 0 Å². The minimum atomic E-state index is -0.602. The standard InChI is InChI=1S/C10H10F2O/c1-6-3-10(12)8(4-9(6)11)7(2)5-13/h3-5,7H,1-2H3. The van der Waals surface area contributed by atoms with Crippen LogP contribution in [0.15, 0.2) is 12.1 Å². The highest BCUT2D eigenvalue weighted by atomic mass is 19.1. The van der Waals surface area contributed by atoms with Gasteiger partial charge in [0, 0.05) is 11.5 Å². The van der Waals surface area contributed by atoms with Gasteiger partial charge in [0.25, 0.3) is 0 Å². The minimum absolute atomic E-state index is 0.109. The highest BCUT2D eigenvalue weighted by molar-refractivity contribution is 5.61. The summed E-state index contributed by atoms with van der Waals surface area (Å²) in [7, 11) is 0. The fraction of sp³-hybridized carbons (Fsp3) is 0.300. The molecule has 0 spiro atoms. The summed E-state index contributed by atoms with van der Waals surface area (Å²) in [5.74, 6) is -1.61. The van der Waals surface area contributed by atoms with Crippen molar-refractivity contribution in [2.75, 3.05) is 0 Å². The first-order chi connectivity index (χ1) is 6.06. The van der Waals surface area contributed by atoms with Gasteiger partial charge >= 0.3 is 0 Å². The largest absolute Gasteiger partial charge is 0.303 e. The van der Waals surface area contributed by atoms with Crippen LogP contribution >= 0.6 is 0 Å². The maximum Gasteiger partial charge on any atom is 0.127 e. The first kappa shape index (κ1) is 9.84. The number of aldehydes is 1. The van der Waals surface area contributed by atoms with Crippen LogP contribution in [-0.2, 0) is 4.79 Å². The zero-order valence-corrected chi connectivity index (χ0v) is 7.47. The smallest absolute Gasteiger partial charge is 0.127 e. The number of rotatable bonds is 2. The lowest BCUT2D eigenvalue weighted by Gasteiger charge is -2.07. The fourth-order valence-corrected chi connectivity index (χ4v) is 1.08. The molecule has 1 aromatic rings. The topological polar surface area (TPSA) is 17.1 Å². The van der Waals surface area contributed by atoms with Crippen molar-refractivity contribution in [1.29, 1.82) is 0 Å². The van der Waals surface area contributed by atoms with Gasteiger partial charge in [-0.2, -0.15) is 0 Å². The van der Waals surface area contributed by atoms with E-state index < -0.39 is 17.6 Å².